The molecule has 0 spiro atoms. The summed E-state index contributed by atoms with van der Waals surface area (Å²) in [7, 11) is -3.85. The van der Waals surface area contributed by atoms with Gasteiger partial charge < -0.3 is 5.32 Å². The summed E-state index contributed by atoms with van der Waals surface area (Å²) >= 11 is 5.91. The molecule has 0 saturated heterocycles. The van der Waals surface area contributed by atoms with E-state index < -0.39 is 15.8 Å². The number of rotatable bonds is 6. The second-order valence-electron chi connectivity index (χ2n) is 5.31. The molecule has 1 fully saturated rings. The normalized spacial score (nSPS) is 15.8. The van der Waals surface area contributed by atoms with Crippen LogP contribution in [0.2, 0.25) is 5.02 Å². The van der Waals surface area contributed by atoms with Crippen LogP contribution in [0.3, 0.4) is 0 Å². The molecule has 0 unspecified atom stereocenters. The van der Waals surface area contributed by atoms with Crippen molar-refractivity contribution >= 4 is 21.6 Å². The lowest BCUT2D eigenvalue weighted by molar-refractivity contribution is 0.528. The molecule has 1 saturated carbocycles. The Hall–Kier alpha value is -0.690. The molecule has 20 heavy (non-hydrogen) atoms. The maximum atomic E-state index is 14.4. The molecule has 0 amide bonds. The standard InChI is InChI=1S/C13H18ClFN2O2S/c1-8(2)16-7-9-5-10(14)6-12(13(9)15)20(18,19)17-11-3-4-11/h5-6,8,11,16-17H,3-4,7H2,1-2H3. The Balaban J connectivity index is 2.32. The molecule has 4 nitrogen and oxygen atoms in total. The van der Waals surface area contributed by atoms with Crippen molar-refractivity contribution in [2.75, 3.05) is 0 Å². The summed E-state index contributed by atoms with van der Waals surface area (Å²) in [4.78, 5) is -0.377. The Morgan fingerprint density at radius 3 is 2.60 bits per heavy atom. The van der Waals surface area contributed by atoms with Gasteiger partial charge in [0.25, 0.3) is 0 Å². The summed E-state index contributed by atoms with van der Waals surface area (Å²) in [6.07, 6.45) is 1.59. The topological polar surface area (TPSA) is 58.2 Å². The Morgan fingerprint density at radius 1 is 1.40 bits per heavy atom. The first-order valence-corrected chi connectivity index (χ1v) is 8.39. The van der Waals surface area contributed by atoms with Crippen molar-refractivity contribution in [1.29, 1.82) is 0 Å². The molecule has 2 rings (SSSR count). The van der Waals surface area contributed by atoms with E-state index >= 15 is 0 Å². The summed E-state index contributed by atoms with van der Waals surface area (Å²) in [6, 6.07) is 2.69. The van der Waals surface area contributed by atoms with Crippen molar-refractivity contribution in [3.8, 4) is 0 Å². The number of hydrogen-bond acceptors (Lipinski definition) is 3. The third kappa shape index (κ3) is 3.91. The lowest BCUT2D eigenvalue weighted by atomic mass is 10.2. The van der Waals surface area contributed by atoms with E-state index in [-0.39, 0.29) is 34.1 Å². The highest BCUT2D eigenvalue weighted by atomic mass is 35.5. The second-order valence-corrected chi connectivity index (χ2v) is 7.43. The summed E-state index contributed by atoms with van der Waals surface area (Å²) in [5, 5.41) is 3.26. The van der Waals surface area contributed by atoms with Gasteiger partial charge in [-0.2, -0.15) is 0 Å². The molecular formula is C13H18ClFN2O2S. The van der Waals surface area contributed by atoms with E-state index in [0.29, 0.717) is 0 Å². The Morgan fingerprint density at radius 2 is 2.05 bits per heavy atom. The Labute approximate surface area is 123 Å². The summed E-state index contributed by atoms with van der Waals surface area (Å²) in [6.45, 7) is 4.08. The van der Waals surface area contributed by atoms with Crippen LogP contribution < -0.4 is 10.0 Å². The molecule has 0 aliphatic heterocycles. The molecule has 1 aromatic rings. The van der Waals surface area contributed by atoms with Crippen molar-refractivity contribution in [2.24, 2.45) is 0 Å². The van der Waals surface area contributed by atoms with Gasteiger partial charge in [-0.25, -0.2) is 17.5 Å². The third-order valence-corrected chi connectivity index (χ3v) is 4.71. The summed E-state index contributed by atoms with van der Waals surface area (Å²) in [5.74, 6) is -0.740. The molecule has 2 N–H and O–H groups in total. The molecule has 0 radical (unpaired) electrons. The molecule has 1 aromatic carbocycles. The minimum Gasteiger partial charge on any atom is -0.310 e. The summed E-state index contributed by atoms with van der Waals surface area (Å²) < 4.78 is 41.0. The van der Waals surface area contributed by atoms with E-state index in [1.54, 1.807) is 0 Å². The van der Waals surface area contributed by atoms with E-state index in [4.69, 9.17) is 11.6 Å². The molecular weight excluding hydrogens is 303 g/mol. The van der Waals surface area contributed by atoms with Crippen molar-refractivity contribution in [2.45, 2.75) is 50.2 Å². The average Bonchev–Trinajstić information content (AvgIpc) is 3.12. The van der Waals surface area contributed by atoms with Crippen LogP contribution in [0, 0.1) is 5.82 Å². The van der Waals surface area contributed by atoms with Gasteiger partial charge in [-0.15, -0.1) is 0 Å². The largest absolute Gasteiger partial charge is 0.310 e. The number of nitrogens with one attached hydrogen (secondary N) is 2. The second kappa shape index (κ2) is 5.97. The van der Waals surface area contributed by atoms with Crippen molar-refractivity contribution in [3.63, 3.8) is 0 Å². The van der Waals surface area contributed by atoms with Crippen LogP contribution in [-0.4, -0.2) is 20.5 Å². The number of benzene rings is 1. The molecule has 0 aromatic heterocycles. The minimum atomic E-state index is -3.85. The minimum absolute atomic E-state index is 0.0735. The molecule has 0 bridgehead atoms. The zero-order chi connectivity index (χ0) is 14.9. The molecule has 112 valence electrons. The monoisotopic (exact) mass is 320 g/mol. The van der Waals surface area contributed by atoms with Gasteiger partial charge in [0.2, 0.25) is 10.0 Å². The van der Waals surface area contributed by atoms with E-state index in [0.717, 1.165) is 18.9 Å². The highest BCUT2D eigenvalue weighted by Crippen LogP contribution is 2.27. The predicted octanol–water partition coefficient (Wildman–Crippen LogP) is 2.42. The van der Waals surface area contributed by atoms with Crippen LogP contribution in [0.5, 0.6) is 0 Å². The highest BCUT2D eigenvalue weighted by molar-refractivity contribution is 7.89. The molecule has 0 atom stereocenters. The third-order valence-electron chi connectivity index (χ3n) is 2.97. The highest BCUT2D eigenvalue weighted by Gasteiger charge is 2.30. The molecule has 1 aliphatic carbocycles. The SMILES string of the molecule is CC(C)NCc1cc(Cl)cc(S(=O)(=O)NC2CC2)c1F. The van der Waals surface area contributed by atoms with Gasteiger partial charge in [0, 0.05) is 29.2 Å². The number of halogens is 2. The van der Waals surface area contributed by atoms with Gasteiger partial charge in [0.1, 0.15) is 10.7 Å². The molecule has 1 aliphatic rings. The van der Waals surface area contributed by atoms with Crippen LogP contribution >= 0.6 is 11.6 Å². The lowest BCUT2D eigenvalue weighted by Crippen LogP contribution is -2.28. The quantitative estimate of drug-likeness (QED) is 0.846. The van der Waals surface area contributed by atoms with Gasteiger partial charge in [-0.3, -0.25) is 0 Å². The smallest absolute Gasteiger partial charge is 0.243 e. The van der Waals surface area contributed by atoms with Crippen LogP contribution in [0.1, 0.15) is 32.3 Å². The van der Waals surface area contributed by atoms with Gasteiger partial charge in [-0.1, -0.05) is 25.4 Å². The van der Waals surface area contributed by atoms with Crippen LogP contribution in [0.15, 0.2) is 17.0 Å². The van der Waals surface area contributed by atoms with Crippen LogP contribution in [-0.2, 0) is 16.6 Å². The maximum absolute atomic E-state index is 14.4. The number of sulfonamides is 1. The zero-order valence-electron chi connectivity index (χ0n) is 11.4. The van der Waals surface area contributed by atoms with Gasteiger partial charge in [0.15, 0.2) is 0 Å². The first kappa shape index (κ1) is 15.7. The van der Waals surface area contributed by atoms with Crippen LogP contribution in [0.25, 0.3) is 0 Å². The van der Waals surface area contributed by atoms with Crippen molar-refractivity contribution < 1.29 is 12.8 Å². The predicted molar refractivity (Wildman–Crippen MR) is 76.7 cm³/mol. The van der Waals surface area contributed by atoms with E-state index in [9.17, 15) is 12.8 Å². The Kier molecular flexibility index (Phi) is 4.69. The first-order valence-electron chi connectivity index (χ1n) is 6.53. The van der Waals surface area contributed by atoms with Gasteiger partial charge >= 0.3 is 0 Å². The van der Waals surface area contributed by atoms with Crippen molar-refractivity contribution in [1.82, 2.24) is 10.0 Å². The van der Waals surface area contributed by atoms with Crippen molar-refractivity contribution in [3.05, 3.63) is 28.5 Å². The van der Waals surface area contributed by atoms with Gasteiger partial charge in [0.05, 0.1) is 0 Å². The van der Waals surface area contributed by atoms with E-state index in [1.807, 2.05) is 13.8 Å². The fraction of sp³-hybridized carbons (Fsp3) is 0.538. The lowest BCUT2D eigenvalue weighted by Gasteiger charge is -2.13. The Bertz CT molecular complexity index is 601. The first-order chi connectivity index (χ1) is 9.29. The fourth-order valence-electron chi connectivity index (χ4n) is 1.74. The average molecular weight is 321 g/mol. The number of hydrogen-bond donors (Lipinski definition) is 2. The maximum Gasteiger partial charge on any atom is 0.243 e. The van der Waals surface area contributed by atoms with E-state index in [2.05, 4.69) is 10.0 Å². The van der Waals surface area contributed by atoms with Crippen LogP contribution in [0.4, 0.5) is 4.39 Å². The molecule has 0 heterocycles. The fourth-order valence-corrected chi connectivity index (χ4v) is 3.50. The molecule has 7 heteroatoms. The van der Waals surface area contributed by atoms with Gasteiger partial charge in [-0.05, 0) is 25.0 Å². The summed E-state index contributed by atoms with van der Waals surface area (Å²) in [5.41, 5.74) is 0.252. The zero-order valence-corrected chi connectivity index (χ0v) is 13.0. The van der Waals surface area contributed by atoms with E-state index in [1.165, 1.54) is 6.07 Å².